The van der Waals surface area contributed by atoms with Gasteiger partial charge in [-0.15, -0.1) is 0 Å². The molecule has 0 aromatic carbocycles. The molecule has 0 aliphatic heterocycles. The minimum Gasteiger partial charge on any atom is -0.462 e. The summed E-state index contributed by atoms with van der Waals surface area (Å²) in [7, 11) is -4.39. The van der Waals surface area contributed by atoms with Gasteiger partial charge in [0, 0.05) is 19.4 Å². The average molecular weight is 1210 g/mol. The minimum absolute atomic E-state index is 0.0533. The lowest BCUT2D eigenvalue weighted by molar-refractivity contribution is -0.161. The Hall–Kier alpha value is -2.81. The van der Waals surface area contributed by atoms with E-state index in [0.29, 0.717) is 6.42 Å². The lowest BCUT2D eigenvalue weighted by atomic mass is 10.0. The molecule has 2 atom stereocenters. The van der Waals surface area contributed by atoms with Crippen LogP contribution >= 0.6 is 7.82 Å². The van der Waals surface area contributed by atoms with Gasteiger partial charge in [-0.2, -0.15) is 0 Å². The molecule has 2 unspecified atom stereocenters. The van der Waals surface area contributed by atoms with Crippen molar-refractivity contribution in [3.05, 3.63) is 85.1 Å². The summed E-state index contributed by atoms with van der Waals surface area (Å²) in [5, 5.41) is 0. The third-order valence-corrected chi connectivity index (χ3v) is 16.7. The predicted molar refractivity (Wildman–Crippen MR) is 367 cm³/mol. The normalized spacial score (nSPS) is 13.4. The Kier molecular flexibility index (Phi) is 68.0. The third-order valence-electron chi connectivity index (χ3n) is 15.8. The first kappa shape index (κ1) is 82.2. The quantitative estimate of drug-likeness (QED) is 0.0264. The first-order valence-corrected chi connectivity index (χ1v) is 37.6. The monoisotopic (exact) mass is 1210 g/mol. The number of phosphoric ester groups is 1. The zero-order valence-electron chi connectivity index (χ0n) is 55.6. The van der Waals surface area contributed by atoms with E-state index in [4.69, 9.17) is 24.3 Å². The molecule has 9 nitrogen and oxygen atoms in total. The van der Waals surface area contributed by atoms with Crippen LogP contribution in [0.2, 0.25) is 0 Å². The maximum atomic E-state index is 12.8. The molecule has 0 aliphatic rings. The van der Waals surface area contributed by atoms with Gasteiger partial charge in [-0.1, -0.05) is 330 Å². The molecular weight excluding hydrogens is 1070 g/mol. The van der Waals surface area contributed by atoms with E-state index in [-0.39, 0.29) is 38.6 Å². The maximum Gasteiger partial charge on any atom is 0.472 e. The Morgan fingerprint density at radius 3 is 0.976 bits per heavy atom. The number of rotatable bonds is 68. The van der Waals surface area contributed by atoms with Gasteiger partial charge in [-0.05, 0) is 89.9 Å². The molecule has 494 valence electrons. The molecule has 3 N–H and O–H groups in total. The Balaban J connectivity index is 3.84. The second-order valence-electron chi connectivity index (χ2n) is 24.1. The van der Waals surface area contributed by atoms with Gasteiger partial charge in [-0.25, -0.2) is 4.57 Å². The fraction of sp³-hybridized carbons (Fsp3) is 0.787. The molecule has 0 rings (SSSR count). The average Bonchev–Trinajstić information content (AvgIpc) is 3.52. The van der Waals surface area contributed by atoms with Crippen LogP contribution < -0.4 is 5.73 Å². The first-order chi connectivity index (χ1) is 41.8. The van der Waals surface area contributed by atoms with Crippen molar-refractivity contribution >= 4 is 19.8 Å². The molecule has 0 spiro atoms. The molecule has 0 saturated heterocycles. The highest BCUT2D eigenvalue weighted by molar-refractivity contribution is 7.47. The Morgan fingerprint density at radius 1 is 0.365 bits per heavy atom. The summed E-state index contributed by atoms with van der Waals surface area (Å²) in [6.45, 7) is 3.68. The second kappa shape index (κ2) is 70.3. The van der Waals surface area contributed by atoms with Crippen molar-refractivity contribution in [2.24, 2.45) is 5.73 Å². The summed E-state index contributed by atoms with van der Waals surface area (Å²) in [6, 6.07) is 0. The van der Waals surface area contributed by atoms with E-state index in [1.54, 1.807) is 0 Å². The van der Waals surface area contributed by atoms with Crippen molar-refractivity contribution < 1.29 is 37.6 Å². The molecule has 0 saturated carbocycles. The highest BCUT2D eigenvalue weighted by atomic mass is 31.2. The number of hydrogen-bond acceptors (Lipinski definition) is 8. The summed E-state index contributed by atoms with van der Waals surface area (Å²) in [6.07, 6.45) is 94.0. The number of ether oxygens (including phenoxy) is 2. The van der Waals surface area contributed by atoms with Crippen molar-refractivity contribution in [1.29, 1.82) is 0 Å². The number of nitrogens with two attached hydrogens (primary N) is 1. The van der Waals surface area contributed by atoms with Crippen molar-refractivity contribution in [3.8, 4) is 0 Å². The van der Waals surface area contributed by atoms with Gasteiger partial charge in [0.2, 0.25) is 0 Å². The van der Waals surface area contributed by atoms with E-state index in [0.717, 1.165) is 77.0 Å². The molecule has 0 fully saturated rings. The number of allylic oxidation sites excluding steroid dienone is 14. The molecule has 0 radical (unpaired) electrons. The summed E-state index contributed by atoms with van der Waals surface area (Å²) in [5.74, 6) is -0.812. The molecule has 10 heteroatoms. The molecular formula is C75H136NO8P. The van der Waals surface area contributed by atoms with Crippen molar-refractivity contribution in [1.82, 2.24) is 0 Å². The van der Waals surface area contributed by atoms with Gasteiger partial charge < -0.3 is 20.1 Å². The number of unbranched alkanes of at least 4 members (excludes halogenated alkanes) is 41. The SMILES string of the molecule is CC/C=C\C/C=C\C/C=C\C/C=C\C/C=C\C/C=C\CCCCCCCCCCCCCCCCCCCCC(=O)OC(COC(=O)CCCCCCCCCCCCCCCCC/C=C\CCCCCCCCCC)COP(=O)(O)OCCN. The second-order valence-corrected chi connectivity index (χ2v) is 25.5. The minimum atomic E-state index is -4.39. The smallest absolute Gasteiger partial charge is 0.462 e. The lowest BCUT2D eigenvalue weighted by Crippen LogP contribution is -2.29. The van der Waals surface area contributed by atoms with Gasteiger partial charge in [0.05, 0.1) is 13.2 Å². The Labute approximate surface area is 525 Å². The highest BCUT2D eigenvalue weighted by Crippen LogP contribution is 2.43. The predicted octanol–water partition coefficient (Wildman–Crippen LogP) is 23.8. The summed E-state index contributed by atoms with van der Waals surface area (Å²) < 4.78 is 33.2. The zero-order valence-corrected chi connectivity index (χ0v) is 56.5. The fourth-order valence-electron chi connectivity index (χ4n) is 10.5. The largest absolute Gasteiger partial charge is 0.472 e. The van der Waals surface area contributed by atoms with Crippen LogP contribution in [-0.4, -0.2) is 49.3 Å². The van der Waals surface area contributed by atoms with Crippen LogP contribution in [0.25, 0.3) is 0 Å². The molecule has 0 amide bonds. The van der Waals surface area contributed by atoms with Gasteiger partial charge in [0.15, 0.2) is 6.10 Å². The van der Waals surface area contributed by atoms with Gasteiger partial charge in [0.1, 0.15) is 6.61 Å². The number of carbonyl (C=O) groups is 2. The van der Waals surface area contributed by atoms with Crippen molar-refractivity contribution in [2.75, 3.05) is 26.4 Å². The number of esters is 2. The number of hydrogen-bond donors (Lipinski definition) is 2. The lowest BCUT2D eigenvalue weighted by Gasteiger charge is -2.19. The van der Waals surface area contributed by atoms with E-state index in [1.807, 2.05) is 0 Å². The molecule has 0 heterocycles. The molecule has 0 aliphatic carbocycles. The van der Waals surface area contributed by atoms with E-state index >= 15 is 0 Å². The molecule has 85 heavy (non-hydrogen) atoms. The molecule has 0 aromatic heterocycles. The van der Waals surface area contributed by atoms with E-state index in [1.165, 1.54) is 238 Å². The highest BCUT2D eigenvalue weighted by Gasteiger charge is 2.26. The summed E-state index contributed by atoms with van der Waals surface area (Å²) in [4.78, 5) is 35.4. The fourth-order valence-corrected chi connectivity index (χ4v) is 11.2. The van der Waals surface area contributed by atoms with Gasteiger partial charge in [-0.3, -0.25) is 18.6 Å². The van der Waals surface area contributed by atoms with Gasteiger partial charge >= 0.3 is 19.8 Å². The van der Waals surface area contributed by atoms with Crippen LogP contribution in [0.15, 0.2) is 85.1 Å². The molecule has 0 bridgehead atoms. The van der Waals surface area contributed by atoms with E-state index < -0.39 is 26.5 Å². The first-order valence-electron chi connectivity index (χ1n) is 36.1. The number of phosphoric acid groups is 1. The van der Waals surface area contributed by atoms with Crippen LogP contribution in [0.4, 0.5) is 0 Å². The number of carbonyl (C=O) groups excluding carboxylic acids is 2. The zero-order chi connectivity index (χ0) is 61.6. The Morgan fingerprint density at radius 2 is 0.647 bits per heavy atom. The third kappa shape index (κ3) is 70.2. The van der Waals surface area contributed by atoms with Gasteiger partial charge in [0.25, 0.3) is 0 Å². The van der Waals surface area contributed by atoms with Crippen LogP contribution in [0.5, 0.6) is 0 Å². The van der Waals surface area contributed by atoms with E-state index in [9.17, 15) is 19.0 Å². The Bertz CT molecular complexity index is 1670. The van der Waals surface area contributed by atoms with Crippen LogP contribution in [-0.2, 0) is 32.7 Å². The van der Waals surface area contributed by atoms with Crippen LogP contribution in [0, 0.1) is 0 Å². The van der Waals surface area contributed by atoms with Crippen molar-refractivity contribution in [3.63, 3.8) is 0 Å². The van der Waals surface area contributed by atoms with Crippen molar-refractivity contribution in [2.45, 2.75) is 354 Å². The molecule has 0 aromatic rings. The summed E-state index contributed by atoms with van der Waals surface area (Å²) in [5.41, 5.74) is 5.41. The maximum absolute atomic E-state index is 12.8. The summed E-state index contributed by atoms with van der Waals surface area (Å²) >= 11 is 0. The van der Waals surface area contributed by atoms with E-state index in [2.05, 4.69) is 98.9 Å². The topological polar surface area (TPSA) is 134 Å². The van der Waals surface area contributed by atoms with Crippen LogP contribution in [0.3, 0.4) is 0 Å². The standard InChI is InChI=1S/C75H136NO8P/c1-3-5-7-9-11-13-15-17-19-21-23-25-27-29-31-32-33-34-35-36-37-38-39-40-42-44-46-48-50-52-54-56-58-60-62-64-66-68-75(78)84-73(72-83-85(79,80)82-70-69-76)71-81-74(77)67-65-63-61-59-57-55-53-51-49-47-45-43-41-30-28-26-24-22-20-18-16-14-12-10-8-6-4-2/h5,7,11,13,17,19,22-25,29,31,33-34,73H,3-4,6,8-10,12,14-16,18,20-21,26-28,30,32,35-72,76H2,1-2H3,(H,79,80)/b7-5-,13-11-,19-17-,24-22-,25-23-,31-29-,34-33-. The van der Waals surface area contributed by atoms with Crippen LogP contribution in [0.1, 0.15) is 348 Å².